The Morgan fingerprint density at radius 2 is 2.05 bits per heavy atom. The summed E-state index contributed by atoms with van der Waals surface area (Å²) in [5.74, 6) is 0.655. The molecular weight excluding hydrogens is 270 g/mol. The minimum absolute atomic E-state index is 0.0494. The molecule has 1 aliphatic rings. The van der Waals surface area contributed by atoms with Crippen molar-refractivity contribution >= 4 is 6.09 Å². The van der Waals surface area contributed by atoms with Crippen LogP contribution < -0.4 is 4.74 Å². The number of amides is 1. The zero-order chi connectivity index (χ0) is 15.6. The van der Waals surface area contributed by atoms with Gasteiger partial charge in [0, 0.05) is 18.7 Å². The summed E-state index contributed by atoms with van der Waals surface area (Å²) in [7, 11) is 1.58. The summed E-state index contributed by atoms with van der Waals surface area (Å²) < 4.78 is 10.7. The second-order valence-electron chi connectivity index (χ2n) is 6.24. The highest BCUT2D eigenvalue weighted by molar-refractivity contribution is 5.68. The first-order valence-electron chi connectivity index (χ1n) is 7.11. The zero-order valence-electron chi connectivity index (χ0n) is 13.1. The predicted molar refractivity (Wildman–Crippen MR) is 79.3 cm³/mol. The molecule has 0 spiro atoms. The van der Waals surface area contributed by atoms with Gasteiger partial charge >= 0.3 is 6.09 Å². The van der Waals surface area contributed by atoms with E-state index in [1.54, 1.807) is 12.0 Å². The monoisotopic (exact) mass is 293 g/mol. The van der Waals surface area contributed by atoms with Gasteiger partial charge in [0.1, 0.15) is 11.4 Å². The van der Waals surface area contributed by atoms with E-state index >= 15 is 0 Å². The maximum atomic E-state index is 12.1. The minimum Gasteiger partial charge on any atom is -0.496 e. The van der Waals surface area contributed by atoms with Crippen LogP contribution in [0.15, 0.2) is 12.1 Å². The Bertz CT molecular complexity index is 534. The van der Waals surface area contributed by atoms with Crippen LogP contribution in [0.2, 0.25) is 0 Å². The molecule has 2 rings (SSSR count). The van der Waals surface area contributed by atoms with E-state index in [0.29, 0.717) is 18.8 Å². The van der Waals surface area contributed by atoms with Gasteiger partial charge in [0.2, 0.25) is 0 Å². The number of nitrogens with zero attached hydrogens (tertiary/aromatic N) is 1. The quantitative estimate of drug-likeness (QED) is 0.910. The van der Waals surface area contributed by atoms with Crippen LogP contribution in [0, 0.1) is 0 Å². The summed E-state index contributed by atoms with van der Waals surface area (Å²) in [6.45, 7) is 6.66. The third kappa shape index (κ3) is 3.67. The molecule has 116 valence electrons. The molecule has 0 saturated heterocycles. The van der Waals surface area contributed by atoms with Crippen LogP contribution in [0.25, 0.3) is 0 Å². The fraction of sp³-hybridized carbons (Fsp3) is 0.562. The molecule has 1 amide bonds. The second-order valence-corrected chi connectivity index (χ2v) is 6.24. The number of rotatable bonds is 2. The zero-order valence-corrected chi connectivity index (χ0v) is 13.1. The van der Waals surface area contributed by atoms with Crippen LogP contribution in [-0.2, 0) is 24.3 Å². The number of carbonyl (C=O) groups excluding carboxylic acids is 1. The maximum Gasteiger partial charge on any atom is 0.410 e. The normalized spacial score (nSPS) is 14.6. The number of fused-ring (bicyclic) bond motifs is 1. The van der Waals surface area contributed by atoms with Crippen molar-refractivity contribution in [2.24, 2.45) is 0 Å². The highest BCUT2D eigenvalue weighted by Gasteiger charge is 2.26. The number of benzene rings is 1. The topological polar surface area (TPSA) is 59.0 Å². The summed E-state index contributed by atoms with van der Waals surface area (Å²) in [4.78, 5) is 13.8. The molecule has 0 aromatic heterocycles. The van der Waals surface area contributed by atoms with E-state index in [9.17, 15) is 9.90 Å². The highest BCUT2D eigenvalue weighted by atomic mass is 16.6. The molecule has 0 fully saturated rings. The molecule has 21 heavy (non-hydrogen) atoms. The third-order valence-corrected chi connectivity index (χ3v) is 3.44. The van der Waals surface area contributed by atoms with Crippen molar-refractivity contribution in [3.8, 4) is 5.75 Å². The van der Waals surface area contributed by atoms with E-state index in [4.69, 9.17) is 9.47 Å². The summed E-state index contributed by atoms with van der Waals surface area (Å²) in [6.07, 6.45) is 0.462. The molecule has 1 aliphatic heterocycles. The van der Waals surface area contributed by atoms with Gasteiger partial charge in [-0.05, 0) is 50.5 Å². The fourth-order valence-electron chi connectivity index (χ4n) is 2.43. The maximum absolute atomic E-state index is 12.1. The molecule has 5 nitrogen and oxygen atoms in total. The van der Waals surface area contributed by atoms with Crippen molar-refractivity contribution in [1.29, 1.82) is 0 Å². The van der Waals surface area contributed by atoms with Gasteiger partial charge in [0.25, 0.3) is 0 Å². The lowest BCUT2D eigenvalue weighted by Gasteiger charge is -2.31. The van der Waals surface area contributed by atoms with Crippen molar-refractivity contribution in [2.45, 2.75) is 45.9 Å². The van der Waals surface area contributed by atoms with Crippen LogP contribution >= 0.6 is 0 Å². The largest absolute Gasteiger partial charge is 0.496 e. The summed E-state index contributed by atoms with van der Waals surface area (Å²) in [6, 6.07) is 3.86. The van der Waals surface area contributed by atoms with Gasteiger partial charge in [-0.25, -0.2) is 4.79 Å². The Labute approximate surface area is 125 Å². The molecule has 0 saturated carbocycles. The van der Waals surface area contributed by atoms with Crippen molar-refractivity contribution in [1.82, 2.24) is 4.90 Å². The second kappa shape index (κ2) is 5.93. The lowest BCUT2D eigenvalue weighted by Crippen LogP contribution is -2.39. The van der Waals surface area contributed by atoms with E-state index < -0.39 is 5.60 Å². The molecule has 0 unspecified atom stereocenters. The van der Waals surface area contributed by atoms with Crippen LogP contribution in [0.4, 0.5) is 4.79 Å². The van der Waals surface area contributed by atoms with E-state index in [1.807, 2.05) is 32.9 Å². The SMILES string of the molecule is COc1cc2c(cc1CO)CCN(C(=O)OC(C)(C)C)C2. The number of hydrogen-bond acceptors (Lipinski definition) is 4. The average Bonchev–Trinajstić information content (AvgIpc) is 2.43. The first-order chi connectivity index (χ1) is 9.84. The van der Waals surface area contributed by atoms with Crippen LogP contribution in [-0.4, -0.2) is 35.4 Å². The number of carbonyl (C=O) groups is 1. The number of hydrogen-bond donors (Lipinski definition) is 1. The molecule has 0 atom stereocenters. The third-order valence-electron chi connectivity index (χ3n) is 3.44. The predicted octanol–water partition coefficient (Wildman–Crippen LogP) is 2.48. The standard InChI is InChI=1S/C16H23NO4/c1-16(2,3)21-15(19)17-6-5-11-7-13(10-18)14(20-4)8-12(11)9-17/h7-8,18H,5-6,9-10H2,1-4H3. The van der Waals surface area contributed by atoms with E-state index in [1.165, 1.54) is 0 Å². The Balaban J connectivity index is 2.18. The number of aliphatic hydroxyl groups excluding tert-OH is 1. The van der Waals surface area contributed by atoms with E-state index in [-0.39, 0.29) is 12.7 Å². The van der Waals surface area contributed by atoms with Gasteiger partial charge in [-0.2, -0.15) is 0 Å². The number of methoxy groups -OCH3 is 1. The van der Waals surface area contributed by atoms with Crippen molar-refractivity contribution in [2.75, 3.05) is 13.7 Å². The van der Waals surface area contributed by atoms with Crippen molar-refractivity contribution in [3.05, 3.63) is 28.8 Å². The lowest BCUT2D eigenvalue weighted by atomic mass is 9.97. The summed E-state index contributed by atoms with van der Waals surface area (Å²) in [5, 5.41) is 9.35. The van der Waals surface area contributed by atoms with Crippen LogP contribution in [0.5, 0.6) is 5.75 Å². The van der Waals surface area contributed by atoms with Gasteiger partial charge in [-0.15, -0.1) is 0 Å². The Morgan fingerprint density at radius 1 is 1.33 bits per heavy atom. The molecule has 1 aromatic carbocycles. The lowest BCUT2D eigenvalue weighted by molar-refractivity contribution is 0.0223. The van der Waals surface area contributed by atoms with Gasteiger partial charge in [0.15, 0.2) is 0 Å². The highest BCUT2D eigenvalue weighted by Crippen LogP contribution is 2.28. The molecule has 0 aliphatic carbocycles. The van der Waals surface area contributed by atoms with E-state index in [0.717, 1.165) is 23.1 Å². The number of ether oxygens (including phenoxy) is 2. The molecule has 1 heterocycles. The molecule has 1 N–H and O–H groups in total. The van der Waals surface area contributed by atoms with Gasteiger partial charge < -0.3 is 19.5 Å². The van der Waals surface area contributed by atoms with Gasteiger partial charge in [-0.1, -0.05) is 0 Å². The summed E-state index contributed by atoms with van der Waals surface area (Å²) in [5.41, 5.74) is 2.48. The minimum atomic E-state index is -0.490. The molecular formula is C16H23NO4. The molecule has 0 bridgehead atoms. The van der Waals surface area contributed by atoms with Crippen molar-refractivity contribution < 1.29 is 19.4 Å². The first-order valence-corrected chi connectivity index (χ1v) is 7.11. The summed E-state index contributed by atoms with van der Waals surface area (Å²) >= 11 is 0. The Hall–Kier alpha value is -1.75. The number of aliphatic hydroxyl groups is 1. The smallest absolute Gasteiger partial charge is 0.410 e. The average molecular weight is 293 g/mol. The van der Waals surface area contributed by atoms with Crippen molar-refractivity contribution in [3.63, 3.8) is 0 Å². The van der Waals surface area contributed by atoms with Gasteiger partial charge in [-0.3, -0.25) is 0 Å². The van der Waals surface area contributed by atoms with Crippen LogP contribution in [0.3, 0.4) is 0 Å². The Kier molecular flexibility index (Phi) is 4.42. The molecule has 5 heteroatoms. The van der Waals surface area contributed by atoms with E-state index in [2.05, 4.69) is 0 Å². The van der Waals surface area contributed by atoms with Crippen LogP contribution in [0.1, 0.15) is 37.5 Å². The first kappa shape index (κ1) is 15.6. The fourth-order valence-corrected chi connectivity index (χ4v) is 2.43. The molecule has 1 aromatic rings. The Morgan fingerprint density at radius 3 is 2.62 bits per heavy atom. The molecule has 0 radical (unpaired) electrons. The van der Waals surface area contributed by atoms with Gasteiger partial charge in [0.05, 0.1) is 13.7 Å².